The molecule has 0 radical (unpaired) electrons. The molecule has 0 spiro atoms. The van der Waals surface area contributed by atoms with E-state index in [9.17, 15) is 0 Å². The molecule has 0 aliphatic rings. The number of nitrogens with one attached hydrogen (secondary N) is 1. The lowest BCUT2D eigenvalue weighted by Gasteiger charge is -2.21. The fraction of sp³-hybridized carbons (Fsp3) is 0.312. The highest BCUT2D eigenvalue weighted by Crippen LogP contribution is 2.28. The largest absolute Gasteiger partial charge is 0.340 e. The van der Waals surface area contributed by atoms with E-state index in [4.69, 9.17) is 0 Å². The summed E-state index contributed by atoms with van der Waals surface area (Å²) < 4.78 is 0.984. The maximum atomic E-state index is 4.35. The zero-order valence-corrected chi connectivity index (χ0v) is 13.4. The molecule has 0 atom stereocenters. The first-order valence-electron chi connectivity index (χ1n) is 6.36. The van der Waals surface area contributed by atoms with Crippen LogP contribution in [0.3, 0.4) is 0 Å². The van der Waals surface area contributed by atoms with Crippen molar-refractivity contribution in [2.75, 3.05) is 5.32 Å². The van der Waals surface area contributed by atoms with Gasteiger partial charge in [0.1, 0.15) is 5.82 Å². The molecule has 2 rings (SSSR count). The van der Waals surface area contributed by atoms with Crippen LogP contribution in [0.15, 0.2) is 41.0 Å². The molecule has 1 N–H and O–H groups in total. The lowest BCUT2D eigenvalue weighted by atomic mass is 9.86. The number of aromatic nitrogens is 1. The average molecular weight is 319 g/mol. The zero-order valence-electron chi connectivity index (χ0n) is 11.8. The van der Waals surface area contributed by atoms with Gasteiger partial charge in [-0.25, -0.2) is 4.98 Å². The molecule has 0 unspecified atom stereocenters. The van der Waals surface area contributed by atoms with Crippen LogP contribution < -0.4 is 5.32 Å². The van der Waals surface area contributed by atoms with Crippen molar-refractivity contribution in [1.82, 2.24) is 4.98 Å². The van der Waals surface area contributed by atoms with E-state index >= 15 is 0 Å². The molecule has 1 aromatic carbocycles. The monoisotopic (exact) mass is 318 g/mol. The highest BCUT2D eigenvalue weighted by molar-refractivity contribution is 9.10. The Kier molecular flexibility index (Phi) is 3.95. The van der Waals surface area contributed by atoms with E-state index in [1.54, 1.807) is 6.20 Å². The van der Waals surface area contributed by atoms with Crippen LogP contribution in [0, 0.1) is 6.92 Å². The molecular weight excluding hydrogens is 300 g/mol. The molecule has 19 heavy (non-hydrogen) atoms. The lowest BCUT2D eigenvalue weighted by molar-refractivity contribution is 0.590. The molecule has 3 heteroatoms. The lowest BCUT2D eigenvalue weighted by Crippen LogP contribution is -2.11. The summed E-state index contributed by atoms with van der Waals surface area (Å²) in [5, 5.41) is 3.38. The quantitative estimate of drug-likeness (QED) is 0.823. The van der Waals surface area contributed by atoms with E-state index in [-0.39, 0.29) is 5.41 Å². The van der Waals surface area contributed by atoms with Gasteiger partial charge in [0.25, 0.3) is 0 Å². The smallest absolute Gasteiger partial charge is 0.130 e. The molecule has 0 aliphatic carbocycles. The number of nitrogens with zero attached hydrogens (tertiary/aromatic N) is 1. The Morgan fingerprint density at radius 1 is 1.11 bits per heavy atom. The molecule has 1 aromatic heterocycles. The molecule has 0 amide bonds. The third-order valence-electron chi connectivity index (χ3n) is 3.09. The molecule has 1 heterocycles. The summed E-state index contributed by atoms with van der Waals surface area (Å²) in [4.78, 5) is 4.35. The Bertz CT molecular complexity index is 568. The Hall–Kier alpha value is -1.35. The topological polar surface area (TPSA) is 24.9 Å². The molecule has 0 saturated carbocycles. The van der Waals surface area contributed by atoms with Crippen LogP contribution in [0.2, 0.25) is 0 Å². The Morgan fingerprint density at radius 2 is 1.84 bits per heavy atom. The number of hydrogen-bond acceptors (Lipinski definition) is 2. The van der Waals surface area contributed by atoms with Gasteiger partial charge in [-0.3, -0.25) is 0 Å². The van der Waals surface area contributed by atoms with Gasteiger partial charge in [-0.1, -0.05) is 32.9 Å². The molecule has 2 aromatic rings. The van der Waals surface area contributed by atoms with Gasteiger partial charge in [-0.15, -0.1) is 0 Å². The summed E-state index contributed by atoms with van der Waals surface area (Å²) in [5.41, 5.74) is 3.80. The van der Waals surface area contributed by atoms with Crippen LogP contribution in [0.4, 0.5) is 11.5 Å². The van der Waals surface area contributed by atoms with Gasteiger partial charge in [-0.2, -0.15) is 0 Å². The van der Waals surface area contributed by atoms with Gasteiger partial charge in [0.05, 0.1) is 0 Å². The predicted molar refractivity (Wildman–Crippen MR) is 85.1 cm³/mol. The first kappa shape index (κ1) is 14.1. The molecule has 0 saturated heterocycles. The highest BCUT2D eigenvalue weighted by Gasteiger charge is 2.14. The van der Waals surface area contributed by atoms with Gasteiger partial charge in [0.2, 0.25) is 0 Å². The van der Waals surface area contributed by atoms with E-state index in [0.29, 0.717) is 0 Å². The third-order valence-corrected chi connectivity index (χ3v) is 3.56. The van der Waals surface area contributed by atoms with Crippen molar-refractivity contribution in [3.05, 3.63) is 52.1 Å². The second-order valence-corrected chi connectivity index (χ2v) is 6.68. The van der Waals surface area contributed by atoms with Gasteiger partial charge in [0, 0.05) is 16.4 Å². The van der Waals surface area contributed by atoms with Crippen LogP contribution in [-0.4, -0.2) is 4.98 Å². The number of aryl methyl sites for hydroxylation is 1. The molecule has 100 valence electrons. The van der Waals surface area contributed by atoms with Crippen LogP contribution >= 0.6 is 15.9 Å². The number of pyridine rings is 1. The fourth-order valence-electron chi connectivity index (χ4n) is 1.81. The minimum absolute atomic E-state index is 0.150. The fourth-order valence-corrected chi connectivity index (χ4v) is 2.05. The van der Waals surface area contributed by atoms with Crippen molar-refractivity contribution in [2.24, 2.45) is 0 Å². The molecule has 0 fully saturated rings. The summed E-state index contributed by atoms with van der Waals surface area (Å²) in [6, 6.07) is 10.5. The first-order chi connectivity index (χ1) is 8.86. The molecular formula is C16H19BrN2. The first-order valence-corrected chi connectivity index (χ1v) is 7.15. The predicted octanol–water partition coefficient (Wildman–Crippen LogP) is 5.19. The van der Waals surface area contributed by atoms with E-state index in [1.165, 1.54) is 11.1 Å². The summed E-state index contributed by atoms with van der Waals surface area (Å²) in [5.74, 6) is 0.859. The minimum atomic E-state index is 0.150. The van der Waals surface area contributed by atoms with E-state index in [0.717, 1.165) is 16.0 Å². The second kappa shape index (κ2) is 5.33. The summed E-state index contributed by atoms with van der Waals surface area (Å²) in [7, 11) is 0. The Balaban J connectivity index is 2.31. The molecule has 0 bridgehead atoms. The van der Waals surface area contributed by atoms with Crippen molar-refractivity contribution in [2.45, 2.75) is 33.1 Å². The van der Waals surface area contributed by atoms with E-state index in [1.807, 2.05) is 12.1 Å². The third kappa shape index (κ3) is 3.57. The number of anilines is 2. The Morgan fingerprint density at radius 3 is 2.42 bits per heavy atom. The van der Waals surface area contributed by atoms with Crippen molar-refractivity contribution in [3.63, 3.8) is 0 Å². The van der Waals surface area contributed by atoms with Crippen LogP contribution in [-0.2, 0) is 5.41 Å². The van der Waals surface area contributed by atoms with Crippen molar-refractivity contribution in [3.8, 4) is 0 Å². The second-order valence-electron chi connectivity index (χ2n) is 5.77. The van der Waals surface area contributed by atoms with Crippen LogP contribution in [0.1, 0.15) is 31.9 Å². The average Bonchev–Trinajstić information content (AvgIpc) is 2.33. The minimum Gasteiger partial charge on any atom is -0.340 e. The molecule has 2 nitrogen and oxygen atoms in total. The standard InChI is InChI=1S/C16H19BrN2/c1-11-5-6-12(16(2,3)4)9-14(11)19-15-8-7-13(17)10-18-15/h5-10H,1-4H3,(H,18,19). The number of rotatable bonds is 2. The maximum Gasteiger partial charge on any atom is 0.130 e. The van der Waals surface area contributed by atoms with Gasteiger partial charge >= 0.3 is 0 Å². The number of benzene rings is 1. The highest BCUT2D eigenvalue weighted by atomic mass is 79.9. The normalized spacial score (nSPS) is 11.4. The van der Waals surface area contributed by atoms with Crippen LogP contribution in [0.5, 0.6) is 0 Å². The van der Waals surface area contributed by atoms with Crippen LogP contribution in [0.25, 0.3) is 0 Å². The summed E-state index contributed by atoms with van der Waals surface area (Å²) in [6.07, 6.45) is 1.80. The molecule has 0 aliphatic heterocycles. The van der Waals surface area contributed by atoms with Crippen molar-refractivity contribution < 1.29 is 0 Å². The van der Waals surface area contributed by atoms with E-state index in [2.05, 4.69) is 72.1 Å². The van der Waals surface area contributed by atoms with Crippen molar-refractivity contribution in [1.29, 1.82) is 0 Å². The van der Waals surface area contributed by atoms with Gasteiger partial charge < -0.3 is 5.32 Å². The van der Waals surface area contributed by atoms with Gasteiger partial charge in [0.15, 0.2) is 0 Å². The van der Waals surface area contributed by atoms with E-state index < -0.39 is 0 Å². The van der Waals surface area contributed by atoms with Gasteiger partial charge in [-0.05, 0) is 57.6 Å². The number of hydrogen-bond donors (Lipinski definition) is 1. The van der Waals surface area contributed by atoms with Crippen molar-refractivity contribution >= 4 is 27.4 Å². The maximum absolute atomic E-state index is 4.35. The SMILES string of the molecule is Cc1ccc(C(C)(C)C)cc1Nc1ccc(Br)cn1. The summed E-state index contributed by atoms with van der Waals surface area (Å²) >= 11 is 3.39. The zero-order chi connectivity index (χ0) is 14.0. The number of halogens is 1. The Labute approximate surface area is 123 Å². The summed E-state index contributed by atoms with van der Waals surface area (Å²) in [6.45, 7) is 8.77.